The van der Waals surface area contributed by atoms with Crippen molar-refractivity contribution in [2.45, 2.75) is 73.9 Å². The van der Waals surface area contributed by atoms with Crippen LogP contribution in [0.4, 0.5) is 52.7 Å². The van der Waals surface area contributed by atoms with Gasteiger partial charge in [-0.2, -0.15) is 64.7 Å². The number of imidazole rings is 1. The van der Waals surface area contributed by atoms with Crippen molar-refractivity contribution in [2.24, 2.45) is 28.2 Å². The van der Waals surface area contributed by atoms with Crippen molar-refractivity contribution in [1.82, 2.24) is 44.1 Å². The summed E-state index contributed by atoms with van der Waals surface area (Å²) in [6, 6.07) is 3.81. The second kappa shape index (κ2) is 21.5. The fourth-order valence-electron chi connectivity index (χ4n) is 4.50. The summed E-state index contributed by atoms with van der Waals surface area (Å²) in [7, 11) is 6.03. The van der Waals surface area contributed by atoms with Crippen LogP contribution >= 0.6 is 0 Å². The van der Waals surface area contributed by atoms with Gasteiger partial charge in [0.25, 0.3) is 0 Å². The fraction of sp³-hybridized carbons (Fsp3) is 0.514. The maximum absolute atomic E-state index is 12.4. The predicted molar refractivity (Wildman–Crippen MR) is 190 cm³/mol. The highest BCUT2D eigenvalue weighted by Crippen LogP contribution is 2.33. The lowest BCUT2D eigenvalue weighted by atomic mass is 10.2. The monoisotopic (exact) mass is 867 g/mol. The predicted octanol–water partition coefficient (Wildman–Crippen LogP) is 8.71. The van der Waals surface area contributed by atoms with Crippen LogP contribution in [0.25, 0.3) is 0 Å². The number of hydrogen-bond donors (Lipinski definition) is 0. The number of nitrogens with zero attached hydrogens (tertiary/aromatic N) is 9. The minimum atomic E-state index is -4.74. The highest BCUT2D eigenvalue weighted by atomic mass is 19.4. The van der Waals surface area contributed by atoms with Gasteiger partial charge >= 0.3 is 18.5 Å². The summed E-state index contributed by atoms with van der Waals surface area (Å²) in [5.41, 5.74) is 4.92. The maximum atomic E-state index is 12.4. The van der Waals surface area contributed by atoms with E-state index in [0.29, 0.717) is 21.7 Å². The van der Waals surface area contributed by atoms with Crippen molar-refractivity contribution < 1.29 is 66.9 Å². The van der Waals surface area contributed by atoms with Crippen molar-refractivity contribution >= 4 is 0 Å². The van der Waals surface area contributed by atoms with Gasteiger partial charge < -0.3 is 14.2 Å². The number of ether oxygens (including phenoxy) is 3. The molecule has 0 aliphatic heterocycles. The summed E-state index contributed by atoms with van der Waals surface area (Å²) in [5.74, 6) is -2.16. The lowest BCUT2D eigenvalue weighted by molar-refractivity contribution is -0.156. The van der Waals surface area contributed by atoms with Crippen molar-refractivity contribution in [3.8, 4) is 17.6 Å². The zero-order valence-electron chi connectivity index (χ0n) is 34.1. The van der Waals surface area contributed by atoms with Crippen LogP contribution in [0.2, 0.25) is 0 Å². The number of rotatable bonds is 6. The number of halogens is 12. The first-order valence-electron chi connectivity index (χ1n) is 16.9. The summed E-state index contributed by atoms with van der Waals surface area (Å²) in [6.07, 6.45) is -13.7. The summed E-state index contributed by atoms with van der Waals surface area (Å²) in [5, 5.41) is 16.0. The Morgan fingerprint density at radius 3 is 1.19 bits per heavy atom. The molecular weight excluding hydrogens is 822 g/mol. The Labute approximate surface area is 331 Å². The van der Waals surface area contributed by atoms with Crippen LogP contribution in [0.15, 0.2) is 18.2 Å². The van der Waals surface area contributed by atoms with Crippen molar-refractivity contribution in [1.29, 1.82) is 0 Å². The van der Waals surface area contributed by atoms with Crippen molar-refractivity contribution in [2.75, 3.05) is 20.1 Å². The molecule has 0 fully saturated rings. The third kappa shape index (κ3) is 16.7. The Bertz CT molecular complexity index is 2040. The molecule has 0 N–H and O–H groups in total. The van der Waals surface area contributed by atoms with Crippen molar-refractivity contribution in [3.63, 3.8) is 0 Å². The van der Waals surface area contributed by atoms with Gasteiger partial charge in [-0.3, -0.25) is 4.57 Å². The molecule has 59 heavy (non-hydrogen) atoms. The van der Waals surface area contributed by atoms with E-state index in [9.17, 15) is 52.7 Å². The summed E-state index contributed by atoms with van der Waals surface area (Å²) >= 11 is 0. The van der Waals surface area contributed by atoms with Gasteiger partial charge in [-0.1, -0.05) is 6.07 Å². The number of aromatic nitrogens is 9. The first-order valence-corrected chi connectivity index (χ1v) is 16.9. The fourth-order valence-corrected chi connectivity index (χ4v) is 4.50. The molecule has 0 atom stereocenters. The van der Waals surface area contributed by atoms with E-state index in [2.05, 4.69) is 34.9 Å². The summed E-state index contributed by atoms with van der Waals surface area (Å²) < 4.78 is 162. The van der Waals surface area contributed by atoms with Crippen molar-refractivity contribution in [3.05, 3.63) is 80.8 Å². The van der Waals surface area contributed by atoms with Crippen LogP contribution in [0.1, 0.15) is 51.0 Å². The highest BCUT2D eigenvalue weighted by molar-refractivity contribution is 5.29. The van der Waals surface area contributed by atoms with Gasteiger partial charge in [0.1, 0.15) is 11.6 Å². The van der Waals surface area contributed by atoms with E-state index < -0.39 is 61.9 Å². The standard InChI is InChI=1S/C8H8F6N2O.C8H11F3N2O.C7H6F2.C7H11FN2O.C5H9N3/c1-4-5(17-3-7(9,10)11)16(2)6(15-4)8(12,13)14;1-5-6(2)12-13(3)7(5)14-4-8(9,10)11;1-5-6(8)3-2-4-7(5)9;1-5-6(2)9-10(3)7(5)11-4-8;1-4-5(2)7-8(3)6-4/h3H2,1-2H3;4H2,1-3H3;2-4H,1H3;4H2,1-3H3;1-3H3. The molecule has 0 radical (unpaired) electrons. The molecule has 0 amide bonds. The first-order chi connectivity index (χ1) is 26.9. The summed E-state index contributed by atoms with van der Waals surface area (Å²) in [6.45, 7) is 9.80. The molecule has 5 aromatic rings. The van der Waals surface area contributed by atoms with Gasteiger partial charge in [0.2, 0.25) is 30.3 Å². The molecule has 24 heteroatoms. The molecule has 0 saturated carbocycles. The van der Waals surface area contributed by atoms with Crippen LogP contribution in [0, 0.1) is 67.0 Å². The number of alkyl halides is 10. The van der Waals surface area contributed by atoms with Gasteiger partial charge in [-0.05, 0) is 67.5 Å². The van der Waals surface area contributed by atoms with E-state index in [1.54, 1.807) is 32.7 Å². The minimum absolute atomic E-state index is 0.0810. The average molecular weight is 868 g/mol. The smallest absolute Gasteiger partial charge is 0.449 e. The molecule has 332 valence electrons. The molecule has 4 heterocycles. The molecule has 0 spiro atoms. The third-order valence-corrected chi connectivity index (χ3v) is 7.62. The van der Waals surface area contributed by atoms with E-state index >= 15 is 0 Å². The molecule has 0 saturated heterocycles. The molecule has 5 rings (SSSR count). The first kappa shape index (κ1) is 51.6. The van der Waals surface area contributed by atoms with E-state index in [0.717, 1.165) is 36.6 Å². The molecule has 12 nitrogen and oxygen atoms in total. The zero-order valence-corrected chi connectivity index (χ0v) is 34.1. The summed E-state index contributed by atoms with van der Waals surface area (Å²) in [4.78, 5) is 4.70. The Morgan fingerprint density at radius 2 is 0.915 bits per heavy atom. The number of benzene rings is 1. The Kier molecular flexibility index (Phi) is 18.8. The lowest BCUT2D eigenvalue weighted by Gasteiger charge is -2.11. The molecule has 4 aromatic heterocycles. The molecule has 1 aromatic carbocycles. The van der Waals surface area contributed by atoms with Gasteiger partial charge in [0, 0.05) is 44.9 Å². The Morgan fingerprint density at radius 1 is 0.525 bits per heavy atom. The molecule has 0 aliphatic rings. The van der Waals surface area contributed by atoms with E-state index in [4.69, 9.17) is 4.74 Å². The normalized spacial score (nSPS) is 11.3. The molecular formula is C35H45F12N9O3. The topological polar surface area (TPSA) is 112 Å². The minimum Gasteiger partial charge on any atom is -0.468 e. The molecule has 0 bridgehead atoms. The van der Waals surface area contributed by atoms with Gasteiger partial charge in [-0.15, -0.1) is 0 Å². The Hall–Kier alpha value is -5.45. The van der Waals surface area contributed by atoms with E-state index in [1.807, 2.05) is 34.7 Å². The highest BCUT2D eigenvalue weighted by Gasteiger charge is 2.38. The zero-order chi connectivity index (χ0) is 45.8. The van der Waals surface area contributed by atoms with Gasteiger partial charge in [0.15, 0.2) is 13.2 Å². The SMILES string of the molecule is Cc1c(F)cccc1F.Cc1nc(C(F)(F)F)n(C)c1OCC(F)(F)F.Cc1nn(C)c(OCC(F)(F)F)c1C.Cc1nn(C)c(OCF)c1C.Cc1nn(C)nc1C. The lowest BCUT2D eigenvalue weighted by Crippen LogP contribution is -2.21. The van der Waals surface area contributed by atoms with E-state index in [-0.39, 0.29) is 17.1 Å². The van der Waals surface area contributed by atoms with Crippen LogP contribution in [-0.4, -0.2) is 76.5 Å². The Balaban J connectivity index is 0.000000378. The average Bonchev–Trinajstić information content (AvgIpc) is 3.74. The number of hydrogen-bond acceptors (Lipinski definition) is 8. The van der Waals surface area contributed by atoms with E-state index in [1.165, 1.54) is 34.5 Å². The second-order valence-corrected chi connectivity index (χ2v) is 12.4. The molecule has 0 unspecified atom stereocenters. The van der Waals surface area contributed by atoms with Gasteiger partial charge in [0.05, 0.1) is 28.5 Å². The third-order valence-electron chi connectivity index (χ3n) is 7.62. The van der Waals surface area contributed by atoms with Crippen LogP contribution in [0.3, 0.4) is 0 Å². The van der Waals surface area contributed by atoms with Crippen LogP contribution in [0.5, 0.6) is 17.6 Å². The maximum Gasteiger partial charge on any atom is 0.449 e. The second-order valence-electron chi connectivity index (χ2n) is 12.4. The van der Waals surface area contributed by atoms with Gasteiger partial charge in [-0.25, -0.2) is 27.5 Å². The van der Waals surface area contributed by atoms with Crippen LogP contribution < -0.4 is 14.2 Å². The quantitative estimate of drug-likeness (QED) is 0.156. The van der Waals surface area contributed by atoms with Crippen LogP contribution in [-0.2, 0) is 34.4 Å². The molecule has 0 aliphatic carbocycles. The number of aryl methyl sites for hydroxylation is 8. The largest absolute Gasteiger partial charge is 0.468 e.